The highest BCUT2D eigenvalue weighted by molar-refractivity contribution is 5.08. The molecule has 0 spiro atoms. The molecule has 2 heterocycles. The Hall–Kier alpha value is -0.940. The van der Waals surface area contributed by atoms with Gasteiger partial charge in [0, 0.05) is 24.5 Å². The number of ether oxygens (including phenoxy) is 1. The minimum Gasteiger partial charge on any atom is -0.381 e. The standard InChI is InChI=1S/C16H27N3O2/c1-10-13(17)7-6-12(16(10,2)3)15-18-14(19-21-15)11-5-4-8-20-9-11/h10-13H,4-9,17H2,1-3H3. The molecule has 0 radical (unpaired) electrons. The van der Waals surface area contributed by atoms with E-state index in [-0.39, 0.29) is 11.5 Å². The summed E-state index contributed by atoms with van der Waals surface area (Å²) in [4.78, 5) is 4.71. The summed E-state index contributed by atoms with van der Waals surface area (Å²) >= 11 is 0. The molecule has 0 amide bonds. The van der Waals surface area contributed by atoms with Crippen LogP contribution in [0.3, 0.4) is 0 Å². The van der Waals surface area contributed by atoms with Gasteiger partial charge in [-0.05, 0) is 37.0 Å². The first-order chi connectivity index (χ1) is 10.00. The summed E-state index contributed by atoms with van der Waals surface area (Å²) in [5, 5.41) is 4.23. The van der Waals surface area contributed by atoms with E-state index >= 15 is 0 Å². The minimum absolute atomic E-state index is 0.0878. The van der Waals surface area contributed by atoms with Crippen LogP contribution in [-0.2, 0) is 4.74 Å². The number of nitrogens with two attached hydrogens (primary N) is 1. The van der Waals surface area contributed by atoms with Gasteiger partial charge in [0.15, 0.2) is 5.82 Å². The second-order valence-corrected chi connectivity index (χ2v) is 7.31. The highest BCUT2D eigenvalue weighted by Crippen LogP contribution is 2.49. The van der Waals surface area contributed by atoms with Gasteiger partial charge in [0.05, 0.1) is 6.61 Å². The first kappa shape index (κ1) is 15.0. The van der Waals surface area contributed by atoms with Crippen LogP contribution >= 0.6 is 0 Å². The average molecular weight is 293 g/mol. The molecule has 118 valence electrons. The molecule has 21 heavy (non-hydrogen) atoms. The molecule has 3 rings (SSSR count). The lowest BCUT2D eigenvalue weighted by Gasteiger charge is -2.45. The molecule has 1 saturated carbocycles. The van der Waals surface area contributed by atoms with Crippen molar-refractivity contribution in [3.05, 3.63) is 11.7 Å². The van der Waals surface area contributed by atoms with Crippen molar-refractivity contribution < 1.29 is 9.26 Å². The van der Waals surface area contributed by atoms with Crippen LogP contribution in [0.25, 0.3) is 0 Å². The second kappa shape index (κ2) is 5.69. The molecule has 1 aliphatic heterocycles. The van der Waals surface area contributed by atoms with Crippen LogP contribution in [-0.4, -0.2) is 29.4 Å². The second-order valence-electron chi connectivity index (χ2n) is 7.31. The molecule has 1 saturated heterocycles. The highest BCUT2D eigenvalue weighted by atomic mass is 16.5. The fourth-order valence-corrected chi connectivity index (χ4v) is 3.79. The first-order valence-electron chi connectivity index (χ1n) is 8.17. The van der Waals surface area contributed by atoms with Crippen molar-refractivity contribution in [1.82, 2.24) is 10.1 Å². The van der Waals surface area contributed by atoms with E-state index in [1.165, 1.54) is 0 Å². The Kier molecular flexibility index (Phi) is 4.06. The Balaban J connectivity index is 1.79. The van der Waals surface area contributed by atoms with Gasteiger partial charge in [-0.1, -0.05) is 25.9 Å². The molecule has 5 heteroatoms. The molecule has 1 aromatic rings. The number of aromatic nitrogens is 2. The maximum Gasteiger partial charge on any atom is 0.230 e. The monoisotopic (exact) mass is 293 g/mol. The van der Waals surface area contributed by atoms with Crippen LogP contribution in [0.15, 0.2) is 4.52 Å². The van der Waals surface area contributed by atoms with Crippen molar-refractivity contribution in [3.8, 4) is 0 Å². The molecule has 1 aromatic heterocycles. The summed E-state index contributed by atoms with van der Waals surface area (Å²) < 4.78 is 11.1. The molecular weight excluding hydrogens is 266 g/mol. The van der Waals surface area contributed by atoms with Gasteiger partial charge in [-0.3, -0.25) is 0 Å². The van der Waals surface area contributed by atoms with Gasteiger partial charge in [-0.15, -0.1) is 0 Å². The van der Waals surface area contributed by atoms with Crippen molar-refractivity contribution in [1.29, 1.82) is 0 Å². The first-order valence-corrected chi connectivity index (χ1v) is 8.17. The predicted molar refractivity (Wildman–Crippen MR) is 80.0 cm³/mol. The van der Waals surface area contributed by atoms with Crippen LogP contribution in [0.4, 0.5) is 0 Å². The molecular formula is C16H27N3O2. The summed E-state index contributed by atoms with van der Waals surface area (Å²) in [7, 11) is 0. The van der Waals surface area contributed by atoms with Crippen molar-refractivity contribution in [3.63, 3.8) is 0 Å². The van der Waals surface area contributed by atoms with E-state index in [1.807, 2.05) is 0 Å². The third-order valence-electron chi connectivity index (χ3n) is 5.78. The quantitative estimate of drug-likeness (QED) is 0.907. The number of rotatable bonds is 2. The smallest absolute Gasteiger partial charge is 0.230 e. The maximum atomic E-state index is 6.23. The molecule has 4 atom stereocenters. The van der Waals surface area contributed by atoms with Crippen LogP contribution in [0.1, 0.15) is 70.0 Å². The fourth-order valence-electron chi connectivity index (χ4n) is 3.79. The summed E-state index contributed by atoms with van der Waals surface area (Å²) in [6, 6.07) is 0.269. The van der Waals surface area contributed by atoms with Crippen LogP contribution in [0.5, 0.6) is 0 Å². The zero-order valence-electron chi connectivity index (χ0n) is 13.3. The highest BCUT2D eigenvalue weighted by Gasteiger charge is 2.45. The van der Waals surface area contributed by atoms with E-state index in [4.69, 9.17) is 20.0 Å². The summed E-state index contributed by atoms with van der Waals surface area (Å²) in [5.41, 5.74) is 6.32. The number of hydrogen-bond acceptors (Lipinski definition) is 5. The molecule has 2 fully saturated rings. The molecule has 5 nitrogen and oxygen atoms in total. The summed E-state index contributed by atoms with van der Waals surface area (Å²) in [6.07, 6.45) is 4.23. The largest absolute Gasteiger partial charge is 0.381 e. The van der Waals surface area contributed by atoms with Crippen LogP contribution < -0.4 is 5.73 Å². The summed E-state index contributed by atoms with van der Waals surface area (Å²) in [6.45, 7) is 8.35. The normalized spacial score (nSPS) is 36.6. The van der Waals surface area contributed by atoms with Crippen LogP contribution in [0, 0.1) is 11.3 Å². The molecule has 0 aromatic carbocycles. The average Bonchev–Trinajstić information content (AvgIpc) is 2.95. The van der Waals surface area contributed by atoms with Crippen molar-refractivity contribution in [2.75, 3.05) is 13.2 Å². The third kappa shape index (κ3) is 2.73. The Bertz CT molecular complexity index is 480. The zero-order valence-corrected chi connectivity index (χ0v) is 13.3. The third-order valence-corrected chi connectivity index (χ3v) is 5.78. The van der Waals surface area contributed by atoms with E-state index in [0.29, 0.717) is 24.4 Å². The van der Waals surface area contributed by atoms with E-state index < -0.39 is 0 Å². The van der Waals surface area contributed by atoms with Crippen molar-refractivity contribution in [2.45, 2.75) is 64.3 Å². The van der Waals surface area contributed by atoms with Gasteiger partial charge in [-0.25, -0.2) is 0 Å². The number of hydrogen-bond donors (Lipinski definition) is 1. The van der Waals surface area contributed by atoms with Gasteiger partial charge >= 0.3 is 0 Å². The SMILES string of the molecule is CC1C(N)CCC(c2nc(C3CCCOC3)no2)C1(C)C. The Morgan fingerprint density at radius 1 is 1.24 bits per heavy atom. The predicted octanol–water partition coefficient (Wildman–Crippen LogP) is 2.83. The lowest BCUT2D eigenvalue weighted by atomic mass is 9.61. The van der Waals surface area contributed by atoms with E-state index in [1.54, 1.807) is 0 Å². The molecule has 4 unspecified atom stereocenters. The Labute approximate surface area is 126 Å². The van der Waals surface area contributed by atoms with Crippen molar-refractivity contribution in [2.24, 2.45) is 17.1 Å². The zero-order chi connectivity index (χ0) is 15.0. The Morgan fingerprint density at radius 2 is 2.05 bits per heavy atom. The van der Waals surface area contributed by atoms with Crippen molar-refractivity contribution >= 4 is 0 Å². The summed E-state index contributed by atoms with van der Waals surface area (Å²) in [5.74, 6) is 2.66. The molecule has 1 aliphatic carbocycles. The van der Waals surface area contributed by atoms with Gasteiger partial charge in [0.1, 0.15) is 0 Å². The Morgan fingerprint density at radius 3 is 2.76 bits per heavy atom. The topological polar surface area (TPSA) is 74.2 Å². The van der Waals surface area contributed by atoms with Crippen LogP contribution in [0.2, 0.25) is 0 Å². The van der Waals surface area contributed by atoms with E-state index in [2.05, 4.69) is 25.9 Å². The van der Waals surface area contributed by atoms with E-state index in [0.717, 1.165) is 44.0 Å². The lowest BCUT2D eigenvalue weighted by molar-refractivity contribution is 0.0770. The number of nitrogens with zero attached hydrogens (tertiary/aromatic N) is 2. The van der Waals surface area contributed by atoms with Gasteiger partial charge < -0.3 is 15.0 Å². The van der Waals surface area contributed by atoms with E-state index in [9.17, 15) is 0 Å². The van der Waals surface area contributed by atoms with Gasteiger partial charge in [0.2, 0.25) is 5.89 Å². The molecule has 0 bridgehead atoms. The minimum atomic E-state index is 0.0878. The van der Waals surface area contributed by atoms with Gasteiger partial charge in [0.25, 0.3) is 0 Å². The lowest BCUT2D eigenvalue weighted by Crippen LogP contribution is -2.45. The maximum absolute atomic E-state index is 6.23. The fraction of sp³-hybridized carbons (Fsp3) is 0.875. The van der Waals surface area contributed by atoms with Gasteiger partial charge in [-0.2, -0.15) is 4.98 Å². The molecule has 2 aliphatic rings. The molecule has 2 N–H and O–H groups in total.